The smallest absolute Gasteiger partial charge is 0.326 e. The lowest BCUT2D eigenvalue weighted by Crippen LogP contribution is -2.18. The molecule has 0 aliphatic carbocycles. The molecule has 0 aliphatic heterocycles. The first-order valence-corrected chi connectivity index (χ1v) is 4.02. The number of aromatic amines is 1. The summed E-state index contributed by atoms with van der Waals surface area (Å²) in [6, 6.07) is 8.12. The SMILES string of the molecule is O=c1[nH]c2c[c]ccc2n1CCO. The quantitative estimate of drug-likeness (QED) is 0.684. The second kappa shape index (κ2) is 3.06. The highest BCUT2D eigenvalue weighted by atomic mass is 16.3. The molecular formula is C9H9N2O2. The van der Waals surface area contributed by atoms with Crippen molar-refractivity contribution in [1.82, 2.24) is 9.55 Å². The van der Waals surface area contributed by atoms with Crippen LogP contribution in [-0.4, -0.2) is 21.3 Å². The lowest BCUT2D eigenvalue weighted by Gasteiger charge is -1.97. The van der Waals surface area contributed by atoms with E-state index in [-0.39, 0.29) is 12.3 Å². The van der Waals surface area contributed by atoms with E-state index in [1.54, 1.807) is 18.2 Å². The lowest BCUT2D eigenvalue weighted by atomic mass is 10.3. The van der Waals surface area contributed by atoms with Crippen LogP contribution >= 0.6 is 0 Å². The van der Waals surface area contributed by atoms with Gasteiger partial charge in [-0.1, -0.05) is 6.07 Å². The van der Waals surface area contributed by atoms with Crippen molar-refractivity contribution in [2.24, 2.45) is 0 Å². The zero-order valence-corrected chi connectivity index (χ0v) is 6.95. The summed E-state index contributed by atoms with van der Waals surface area (Å²) < 4.78 is 1.50. The number of hydrogen-bond donors (Lipinski definition) is 2. The van der Waals surface area contributed by atoms with Gasteiger partial charge in [0.2, 0.25) is 0 Å². The minimum Gasteiger partial charge on any atom is -0.395 e. The van der Waals surface area contributed by atoms with Crippen LogP contribution in [0.25, 0.3) is 11.0 Å². The van der Waals surface area contributed by atoms with Crippen molar-refractivity contribution in [3.8, 4) is 0 Å². The van der Waals surface area contributed by atoms with E-state index in [0.717, 1.165) is 11.0 Å². The summed E-state index contributed by atoms with van der Waals surface area (Å²) in [5, 5.41) is 8.74. The molecule has 2 rings (SSSR count). The Labute approximate surface area is 74.4 Å². The van der Waals surface area contributed by atoms with Gasteiger partial charge in [-0.25, -0.2) is 4.79 Å². The van der Waals surface area contributed by atoms with Gasteiger partial charge in [0.15, 0.2) is 0 Å². The van der Waals surface area contributed by atoms with Crippen molar-refractivity contribution < 1.29 is 5.11 Å². The molecule has 0 atom stereocenters. The molecule has 1 radical (unpaired) electrons. The monoisotopic (exact) mass is 177 g/mol. The van der Waals surface area contributed by atoms with Crippen LogP contribution in [0.4, 0.5) is 0 Å². The average molecular weight is 177 g/mol. The highest BCUT2D eigenvalue weighted by Crippen LogP contribution is 2.07. The summed E-state index contributed by atoms with van der Waals surface area (Å²) in [5.74, 6) is 0. The van der Waals surface area contributed by atoms with Crippen LogP contribution < -0.4 is 5.69 Å². The molecule has 1 heterocycles. The fraction of sp³-hybridized carbons (Fsp3) is 0.222. The van der Waals surface area contributed by atoms with Gasteiger partial charge in [0.1, 0.15) is 0 Å². The van der Waals surface area contributed by atoms with Gasteiger partial charge in [-0.15, -0.1) is 0 Å². The molecule has 0 aliphatic rings. The number of fused-ring (bicyclic) bond motifs is 1. The number of hydrogen-bond acceptors (Lipinski definition) is 2. The van der Waals surface area contributed by atoms with E-state index in [1.807, 2.05) is 0 Å². The first-order valence-electron chi connectivity index (χ1n) is 4.02. The van der Waals surface area contributed by atoms with E-state index in [2.05, 4.69) is 11.1 Å². The minimum absolute atomic E-state index is 0.0362. The van der Waals surface area contributed by atoms with E-state index in [1.165, 1.54) is 4.57 Å². The molecule has 1 aromatic heterocycles. The third-order valence-corrected chi connectivity index (χ3v) is 1.94. The summed E-state index contributed by atoms with van der Waals surface area (Å²) in [6.07, 6.45) is 0. The van der Waals surface area contributed by atoms with E-state index in [0.29, 0.717) is 6.54 Å². The molecule has 0 amide bonds. The molecule has 67 valence electrons. The number of aromatic nitrogens is 2. The second-order valence-electron chi connectivity index (χ2n) is 2.75. The molecule has 1 aromatic carbocycles. The van der Waals surface area contributed by atoms with Crippen LogP contribution in [0.1, 0.15) is 0 Å². The van der Waals surface area contributed by atoms with Gasteiger partial charge >= 0.3 is 5.69 Å². The molecule has 0 saturated carbocycles. The maximum atomic E-state index is 11.3. The molecule has 4 heteroatoms. The molecule has 13 heavy (non-hydrogen) atoms. The Balaban J connectivity index is 2.71. The number of aliphatic hydroxyl groups excluding tert-OH is 1. The Morgan fingerprint density at radius 3 is 3.23 bits per heavy atom. The molecule has 2 aromatic rings. The van der Waals surface area contributed by atoms with Crippen molar-refractivity contribution in [2.45, 2.75) is 6.54 Å². The Bertz CT molecular complexity index is 470. The number of H-pyrrole nitrogens is 1. The number of benzene rings is 1. The van der Waals surface area contributed by atoms with Crippen LogP contribution in [-0.2, 0) is 6.54 Å². The third kappa shape index (κ3) is 1.25. The standard InChI is InChI=1S/C9H9N2O2/c12-6-5-11-8-4-2-1-3-7(8)10-9(11)13/h2-4,12H,5-6H2,(H,10,13). The fourth-order valence-corrected chi connectivity index (χ4v) is 1.37. The maximum Gasteiger partial charge on any atom is 0.326 e. The Kier molecular flexibility index (Phi) is 1.90. The Morgan fingerprint density at radius 2 is 2.46 bits per heavy atom. The van der Waals surface area contributed by atoms with Gasteiger partial charge in [-0.3, -0.25) is 4.57 Å². The Morgan fingerprint density at radius 1 is 1.62 bits per heavy atom. The number of rotatable bonds is 2. The zero-order chi connectivity index (χ0) is 9.26. The number of aliphatic hydroxyl groups is 1. The molecule has 0 spiro atoms. The number of imidazole rings is 1. The van der Waals surface area contributed by atoms with Crippen molar-refractivity contribution in [1.29, 1.82) is 0 Å². The molecule has 0 saturated heterocycles. The summed E-state index contributed by atoms with van der Waals surface area (Å²) >= 11 is 0. The predicted molar refractivity (Wildman–Crippen MR) is 48.5 cm³/mol. The number of nitrogens with zero attached hydrogens (tertiary/aromatic N) is 1. The van der Waals surface area contributed by atoms with Crippen molar-refractivity contribution in [2.75, 3.05) is 6.61 Å². The van der Waals surface area contributed by atoms with Gasteiger partial charge in [-0.05, 0) is 18.2 Å². The topological polar surface area (TPSA) is 58.0 Å². The summed E-state index contributed by atoms with van der Waals surface area (Å²) in [7, 11) is 0. The summed E-state index contributed by atoms with van der Waals surface area (Å²) in [6.45, 7) is 0.286. The van der Waals surface area contributed by atoms with Crippen molar-refractivity contribution in [3.05, 3.63) is 34.7 Å². The first-order chi connectivity index (χ1) is 6.33. The van der Waals surface area contributed by atoms with Gasteiger partial charge < -0.3 is 10.1 Å². The van der Waals surface area contributed by atoms with Crippen LogP contribution in [0.5, 0.6) is 0 Å². The first kappa shape index (κ1) is 8.07. The summed E-state index contributed by atoms with van der Waals surface area (Å²) in [5.41, 5.74) is 1.36. The lowest BCUT2D eigenvalue weighted by molar-refractivity contribution is 0.276. The second-order valence-corrected chi connectivity index (χ2v) is 2.75. The molecule has 2 N–H and O–H groups in total. The molecule has 0 fully saturated rings. The maximum absolute atomic E-state index is 11.3. The third-order valence-electron chi connectivity index (χ3n) is 1.94. The van der Waals surface area contributed by atoms with Gasteiger partial charge in [0.05, 0.1) is 24.2 Å². The molecule has 0 unspecified atom stereocenters. The van der Waals surface area contributed by atoms with Crippen LogP contribution in [0.2, 0.25) is 0 Å². The average Bonchev–Trinajstić information content (AvgIpc) is 2.44. The normalized spacial score (nSPS) is 10.8. The predicted octanol–water partition coefficient (Wildman–Crippen LogP) is 0.122. The highest BCUT2D eigenvalue weighted by molar-refractivity contribution is 5.74. The van der Waals surface area contributed by atoms with Gasteiger partial charge in [0, 0.05) is 0 Å². The molecule has 0 bridgehead atoms. The molecule has 4 nitrogen and oxygen atoms in total. The van der Waals surface area contributed by atoms with Crippen molar-refractivity contribution >= 4 is 11.0 Å². The fourth-order valence-electron chi connectivity index (χ4n) is 1.37. The van der Waals surface area contributed by atoms with Gasteiger partial charge in [0.25, 0.3) is 0 Å². The summed E-state index contributed by atoms with van der Waals surface area (Å²) in [4.78, 5) is 14.0. The number of nitrogens with one attached hydrogen (secondary N) is 1. The van der Waals surface area contributed by atoms with E-state index in [4.69, 9.17) is 5.11 Å². The highest BCUT2D eigenvalue weighted by Gasteiger charge is 2.03. The largest absolute Gasteiger partial charge is 0.395 e. The van der Waals surface area contributed by atoms with E-state index < -0.39 is 0 Å². The van der Waals surface area contributed by atoms with Crippen LogP contribution in [0.3, 0.4) is 0 Å². The van der Waals surface area contributed by atoms with E-state index >= 15 is 0 Å². The van der Waals surface area contributed by atoms with Crippen LogP contribution in [0.15, 0.2) is 23.0 Å². The van der Waals surface area contributed by atoms with Crippen LogP contribution in [0, 0.1) is 6.07 Å². The Hall–Kier alpha value is -1.55. The van der Waals surface area contributed by atoms with Crippen molar-refractivity contribution in [3.63, 3.8) is 0 Å². The minimum atomic E-state index is -0.191. The van der Waals surface area contributed by atoms with E-state index in [9.17, 15) is 4.79 Å². The molecular weight excluding hydrogens is 168 g/mol. The van der Waals surface area contributed by atoms with Gasteiger partial charge in [-0.2, -0.15) is 0 Å². The zero-order valence-electron chi connectivity index (χ0n) is 6.95.